The van der Waals surface area contributed by atoms with Gasteiger partial charge in [0, 0.05) is 43.5 Å². The van der Waals surface area contributed by atoms with Crippen LogP contribution in [0.3, 0.4) is 0 Å². The van der Waals surface area contributed by atoms with Crippen molar-refractivity contribution in [2.75, 3.05) is 38.2 Å². The maximum absolute atomic E-state index is 12.8. The van der Waals surface area contributed by atoms with Gasteiger partial charge in [0.15, 0.2) is 5.75 Å². The molecule has 1 atom stereocenters. The van der Waals surface area contributed by atoms with E-state index in [1.165, 1.54) is 0 Å². The molecule has 0 spiro atoms. The zero-order chi connectivity index (χ0) is 24.8. The van der Waals surface area contributed by atoms with E-state index in [0.29, 0.717) is 31.0 Å². The monoisotopic (exact) mass is 470 g/mol. The van der Waals surface area contributed by atoms with E-state index in [-0.39, 0.29) is 5.91 Å². The minimum Gasteiger partial charge on any atom is -0.494 e. The molecule has 6 nitrogen and oxygen atoms in total. The van der Waals surface area contributed by atoms with E-state index in [1.54, 1.807) is 7.11 Å². The lowest BCUT2D eigenvalue weighted by Crippen LogP contribution is -2.49. The van der Waals surface area contributed by atoms with Gasteiger partial charge in [-0.3, -0.25) is 9.78 Å². The minimum absolute atomic E-state index is 0.278. The molecular formula is C29H34N4O2. The molecule has 6 heteroatoms. The molecule has 0 saturated carbocycles. The normalized spacial score (nSPS) is 14.6. The highest BCUT2D eigenvalue weighted by Gasteiger charge is 2.25. The van der Waals surface area contributed by atoms with Crippen LogP contribution in [0, 0.1) is 17.2 Å². The predicted molar refractivity (Wildman–Crippen MR) is 141 cm³/mol. The summed E-state index contributed by atoms with van der Waals surface area (Å²) in [6.07, 6.45) is 5.85. The molecule has 0 bridgehead atoms. The van der Waals surface area contributed by atoms with Gasteiger partial charge in [0.1, 0.15) is 0 Å². The van der Waals surface area contributed by atoms with Gasteiger partial charge in [-0.25, -0.2) is 0 Å². The molecule has 1 saturated heterocycles. The quantitative estimate of drug-likeness (QED) is 0.426. The van der Waals surface area contributed by atoms with Crippen molar-refractivity contribution in [3.8, 4) is 22.9 Å². The SMILES string of the molecule is CCCC(CC)CC(=O)N1CCN(c2cnc3c(-c4ccc(C#N)cc4)cccc3c2OC)CC1. The van der Waals surface area contributed by atoms with Crippen molar-refractivity contribution in [3.05, 3.63) is 54.2 Å². The lowest BCUT2D eigenvalue weighted by atomic mass is 9.96. The first-order valence-corrected chi connectivity index (χ1v) is 12.6. The molecule has 2 aromatic carbocycles. The Balaban J connectivity index is 1.55. The fraction of sp³-hybridized carbons (Fsp3) is 0.414. The summed E-state index contributed by atoms with van der Waals surface area (Å²) in [4.78, 5) is 22.0. The number of pyridine rings is 1. The highest BCUT2D eigenvalue weighted by atomic mass is 16.5. The van der Waals surface area contributed by atoms with Crippen LogP contribution in [-0.4, -0.2) is 49.1 Å². The van der Waals surface area contributed by atoms with E-state index in [1.807, 2.05) is 53.6 Å². The minimum atomic E-state index is 0.278. The second-order valence-electron chi connectivity index (χ2n) is 9.20. The van der Waals surface area contributed by atoms with Crippen molar-refractivity contribution in [2.24, 2.45) is 5.92 Å². The number of carbonyl (C=O) groups excluding carboxylic acids is 1. The van der Waals surface area contributed by atoms with Crippen LogP contribution < -0.4 is 9.64 Å². The number of aromatic nitrogens is 1. The van der Waals surface area contributed by atoms with E-state index < -0.39 is 0 Å². The number of rotatable bonds is 8. The van der Waals surface area contributed by atoms with E-state index in [2.05, 4.69) is 24.8 Å². The van der Waals surface area contributed by atoms with Crippen molar-refractivity contribution >= 4 is 22.5 Å². The highest BCUT2D eigenvalue weighted by molar-refractivity contribution is 5.99. The first kappa shape index (κ1) is 24.5. The summed E-state index contributed by atoms with van der Waals surface area (Å²) in [5.41, 5.74) is 4.48. The van der Waals surface area contributed by atoms with Crippen LogP contribution in [-0.2, 0) is 4.79 Å². The van der Waals surface area contributed by atoms with Gasteiger partial charge >= 0.3 is 0 Å². The summed E-state index contributed by atoms with van der Waals surface area (Å²) >= 11 is 0. The van der Waals surface area contributed by atoms with Crippen LogP contribution in [0.1, 0.15) is 45.1 Å². The Morgan fingerprint density at radius 2 is 1.86 bits per heavy atom. The largest absolute Gasteiger partial charge is 0.494 e. The van der Waals surface area contributed by atoms with Crippen molar-refractivity contribution < 1.29 is 9.53 Å². The third kappa shape index (κ3) is 5.24. The number of methoxy groups -OCH3 is 1. The van der Waals surface area contributed by atoms with Gasteiger partial charge in [0.2, 0.25) is 5.91 Å². The molecular weight excluding hydrogens is 436 g/mol. The molecule has 182 valence electrons. The smallest absolute Gasteiger partial charge is 0.222 e. The number of amides is 1. The van der Waals surface area contributed by atoms with E-state index in [9.17, 15) is 4.79 Å². The van der Waals surface area contributed by atoms with Gasteiger partial charge in [0.25, 0.3) is 0 Å². The fourth-order valence-electron chi connectivity index (χ4n) is 5.02. The van der Waals surface area contributed by atoms with Crippen LogP contribution in [0.4, 0.5) is 5.69 Å². The first-order valence-electron chi connectivity index (χ1n) is 12.6. The van der Waals surface area contributed by atoms with Crippen LogP contribution in [0.2, 0.25) is 0 Å². The molecule has 0 aliphatic carbocycles. The number of hydrogen-bond acceptors (Lipinski definition) is 5. The topological polar surface area (TPSA) is 69.5 Å². The average Bonchev–Trinajstić information content (AvgIpc) is 2.91. The Hall–Kier alpha value is -3.59. The Morgan fingerprint density at radius 1 is 1.11 bits per heavy atom. The van der Waals surface area contributed by atoms with E-state index in [0.717, 1.165) is 65.8 Å². The lowest BCUT2D eigenvalue weighted by Gasteiger charge is -2.37. The standard InChI is InChI=1S/C29H34N4O2/c1-4-7-21(5-2)18-27(34)33-16-14-32(15-17-33)26-20-31-28-24(8-6-9-25(28)29(26)35-3)23-12-10-22(19-30)11-13-23/h6,8-13,20-21H,4-5,7,14-18H2,1-3H3. The number of piperazine rings is 1. The van der Waals surface area contributed by atoms with Gasteiger partial charge in [-0.2, -0.15) is 5.26 Å². The van der Waals surface area contributed by atoms with E-state index in [4.69, 9.17) is 15.0 Å². The third-order valence-corrected chi connectivity index (χ3v) is 7.07. The molecule has 35 heavy (non-hydrogen) atoms. The fourth-order valence-corrected chi connectivity index (χ4v) is 5.02. The molecule has 3 aromatic rings. The predicted octanol–water partition coefficient (Wildman–Crippen LogP) is 5.65. The summed E-state index contributed by atoms with van der Waals surface area (Å²) < 4.78 is 5.90. The molecule has 1 fully saturated rings. The van der Waals surface area contributed by atoms with Crippen molar-refractivity contribution in [2.45, 2.75) is 39.5 Å². The first-order chi connectivity index (χ1) is 17.1. The Bertz CT molecular complexity index is 1210. The molecule has 1 aromatic heterocycles. The summed E-state index contributed by atoms with van der Waals surface area (Å²) in [5, 5.41) is 10.1. The lowest BCUT2D eigenvalue weighted by molar-refractivity contribution is -0.132. The maximum atomic E-state index is 12.8. The van der Waals surface area contributed by atoms with E-state index >= 15 is 0 Å². The van der Waals surface area contributed by atoms with Gasteiger partial charge in [0.05, 0.1) is 36.1 Å². The van der Waals surface area contributed by atoms with Crippen LogP contribution in [0.5, 0.6) is 5.75 Å². The van der Waals surface area contributed by atoms with Crippen LogP contribution in [0.25, 0.3) is 22.0 Å². The second kappa shape index (κ2) is 11.2. The van der Waals surface area contributed by atoms with Crippen molar-refractivity contribution in [1.29, 1.82) is 5.26 Å². The number of nitriles is 1. The molecule has 4 rings (SSSR count). The molecule has 1 unspecified atom stereocenters. The van der Waals surface area contributed by atoms with Gasteiger partial charge in [-0.1, -0.05) is 57.4 Å². The number of ether oxygens (including phenoxy) is 1. The Kier molecular flexibility index (Phi) is 7.87. The number of para-hydroxylation sites is 1. The highest BCUT2D eigenvalue weighted by Crippen LogP contribution is 2.38. The van der Waals surface area contributed by atoms with Gasteiger partial charge < -0.3 is 14.5 Å². The molecule has 0 N–H and O–H groups in total. The number of anilines is 1. The second-order valence-corrected chi connectivity index (χ2v) is 9.20. The molecule has 1 aliphatic heterocycles. The summed E-state index contributed by atoms with van der Waals surface area (Å²) in [6, 6.07) is 15.8. The zero-order valence-corrected chi connectivity index (χ0v) is 21.0. The molecule has 2 heterocycles. The van der Waals surface area contributed by atoms with Crippen molar-refractivity contribution in [3.63, 3.8) is 0 Å². The summed E-state index contributed by atoms with van der Waals surface area (Å²) in [6.45, 7) is 7.31. The van der Waals surface area contributed by atoms with Crippen LogP contribution in [0.15, 0.2) is 48.7 Å². The molecule has 1 amide bonds. The average molecular weight is 471 g/mol. The Morgan fingerprint density at radius 3 is 2.49 bits per heavy atom. The molecule has 1 aliphatic rings. The summed E-state index contributed by atoms with van der Waals surface area (Å²) in [5.74, 6) is 1.57. The van der Waals surface area contributed by atoms with Gasteiger partial charge in [-0.15, -0.1) is 0 Å². The van der Waals surface area contributed by atoms with Crippen molar-refractivity contribution in [1.82, 2.24) is 9.88 Å². The number of benzene rings is 2. The number of nitrogens with zero attached hydrogens (tertiary/aromatic N) is 4. The maximum Gasteiger partial charge on any atom is 0.222 e. The number of fused-ring (bicyclic) bond motifs is 1. The number of carbonyl (C=O) groups is 1. The zero-order valence-electron chi connectivity index (χ0n) is 21.0. The van der Waals surface area contributed by atoms with Gasteiger partial charge in [-0.05, 0) is 29.7 Å². The Labute approximate surface area is 208 Å². The van der Waals surface area contributed by atoms with Crippen LogP contribution >= 0.6 is 0 Å². The number of hydrogen-bond donors (Lipinski definition) is 0. The molecule has 0 radical (unpaired) electrons. The summed E-state index contributed by atoms with van der Waals surface area (Å²) in [7, 11) is 1.70. The third-order valence-electron chi connectivity index (χ3n) is 7.07.